The summed E-state index contributed by atoms with van der Waals surface area (Å²) < 4.78 is 11.2. The zero-order valence-corrected chi connectivity index (χ0v) is 14.0. The molecule has 0 aliphatic rings. The average molecular weight is 351 g/mol. The maximum atomic E-state index is 11.1. The Bertz CT molecular complexity index is 941. The molecule has 8 heteroatoms. The van der Waals surface area contributed by atoms with Gasteiger partial charge in [0.15, 0.2) is 17.3 Å². The Balaban J connectivity index is 1.66. The average Bonchev–Trinajstić information content (AvgIpc) is 2.67. The number of hydrogen-bond donors (Lipinski definition) is 2. The molecule has 1 heterocycles. The third-order valence-corrected chi connectivity index (χ3v) is 3.39. The molecule has 2 aromatic carbocycles. The van der Waals surface area contributed by atoms with Crippen LogP contribution in [0.2, 0.25) is 0 Å². The van der Waals surface area contributed by atoms with Crippen molar-refractivity contribution in [2.75, 3.05) is 12.5 Å². The number of benzene rings is 2. The molecule has 8 nitrogen and oxygen atoms in total. The van der Waals surface area contributed by atoms with Crippen molar-refractivity contribution in [1.29, 1.82) is 0 Å². The molecule has 2 N–H and O–H groups in total. The van der Waals surface area contributed by atoms with Crippen LogP contribution in [0.15, 0.2) is 64.6 Å². The van der Waals surface area contributed by atoms with Gasteiger partial charge in [0.1, 0.15) is 6.61 Å². The summed E-state index contributed by atoms with van der Waals surface area (Å²) in [5, 5.41) is 9.83. The quantitative estimate of drug-likeness (QED) is 0.500. The maximum absolute atomic E-state index is 11.1. The van der Waals surface area contributed by atoms with E-state index in [1.54, 1.807) is 19.4 Å². The Labute approximate surface area is 149 Å². The Morgan fingerprint density at radius 3 is 2.81 bits per heavy atom. The van der Waals surface area contributed by atoms with Crippen LogP contribution in [0.25, 0.3) is 0 Å². The minimum absolute atomic E-state index is 0.250. The van der Waals surface area contributed by atoms with Crippen LogP contribution in [0.5, 0.6) is 11.5 Å². The van der Waals surface area contributed by atoms with Crippen molar-refractivity contribution in [3.05, 3.63) is 76.3 Å². The molecule has 0 saturated heterocycles. The molecule has 0 fully saturated rings. The van der Waals surface area contributed by atoms with Crippen LogP contribution in [0, 0.1) is 0 Å². The van der Waals surface area contributed by atoms with Crippen LogP contribution in [-0.4, -0.2) is 28.5 Å². The second kappa shape index (κ2) is 8.43. The van der Waals surface area contributed by atoms with Crippen LogP contribution >= 0.6 is 0 Å². The van der Waals surface area contributed by atoms with E-state index in [1.165, 1.54) is 6.20 Å². The summed E-state index contributed by atoms with van der Waals surface area (Å²) in [6, 6.07) is 15.3. The Morgan fingerprint density at radius 2 is 2.04 bits per heavy atom. The molecular formula is C18H17N5O3. The van der Waals surface area contributed by atoms with E-state index >= 15 is 0 Å². The molecule has 0 radical (unpaired) electrons. The number of hydrazone groups is 1. The number of methoxy groups -OCH3 is 1. The first-order valence-electron chi connectivity index (χ1n) is 7.80. The molecule has 0 spiro atoms. The summed E-state index contributed by atoms with van der Waals surface area (Å²) in [5.74, 6) is 1.49. The van der Waals surface area contributed by atoms with Crippen molar-refractivity contribution >= 4 is 12.0 Å². The van der Waals surface area contributed by atoms with Gasteiger partial charge in [-0.15, -0.1) is 0 Å². The Morgan fingerprint density at radius 1 is 1.19 bits per heavy atom. The van der Waals surface area contributed by atoms with Gasteiger partial charge in [0, 0.05) is 0 Å². The number of rotatable bonds is 7. The van der Waals surface area contributed by atoms with Gasteiger partial charge in [-0.2, -0.15) is 15.2 Å². The second-order valence-electron chi connectivity index (χ2n) is 5.23. The number of anilines is 1. The largest absolute Gasteiger partial charge is 0.493 e. The van der Waals surface area contributed by atoms with Crippen molar-refractivity contribution in [2.24, 2.45) is 5.10 Å². The Hall–Kier alpha value is -3.68. The molecule has 0 aliphatic heterocycles. The first-order chi connectivity index (χ1) is 12.7. The van der Waals surface area contributed by atoms with Crippen LogP contribution in [-0.2, 0) is 6.61 Å². The van der Waals surface area contributed by atoms with Gasteiger partial charge in [0.05, 0.1) is 19.5 Å². The molecule has 1 aromatic heterocycles. The molecular weight excluding hydrogens is 334 g/mol. The predicted octanol–water partition coefficient (Wildman–Crippen LogP) is 2.20. The van der Waals surface area contributed by atoms with Gasteiger partial charge in [-0.05, 0) is 29.3 Å². The fourth-order valence-electron chi connectivity index (χ4n) is 2.16. The maximum Gasteiger partial charge on any atom is 0.363 e. The highest BCUT2D eigenvalue weighted by molar-refractivity contribution is 5.81. The first-order valence-corrected chi connectivity index (χ1v) is 7.80. The number of nitrogens with one attached hydrogen (secondary N) is 2. The zero-order valence-electron chi connectivity index (χ0n) is 14.0. The SMILES string of the molecule is COc1cc(/C=N/Nc2cn[nH]c(=O)n2)ccc1OCc1ccccc1. The molecule has 26 heavy (non-hydrogen) atoms. The van der Waals surface area contributed by atoms with Crippen LogP contribution < -0.4 is 20.6 Å². The summed E-state index contributed by atoms with van der Waals surface area (Å²) in [5.41, 5.74) is 3.95. The van der Waals surface area contributed by atoms with Crippen molar-refractivity contribution in [2.45, 2.75) is 6.61 Å². The lowest BCUT2D eigenvalue weighted by molar-refractivity contribution is 0.284. The second-order valence-corrected chi connectivity index (χ2v) is 5.23. The van der Waals surface area contributed by atoms with Crippen molar-refractivity contribution < 1.29 is 9.47 Å². The predicted molar refractivity (Wildman–Crippen MR) is 97.6 cm³/mol. The van der Waals surface area contributed by atoms with Crippen LogP contribution in [0.3, 0.4) is 0 Å². The molecule has 3 aromatic rings. The highest BCUT2D eigenvalue weighted by Gasteiger charge is 2.05. The first kappa shape index (κ1) is 17.2. The van der Waals surface area contributed by atoms with E-state index in [0.717, 1.165) is 11.1 Å². The lowest BCUT2D eigenvalue weighted by Crippen LogP contribution is -2.13. The molecule has 0 amide bonds. The smallest absolute Gasteiger partial charge is 0.363 e. The number of nitrogens with zero attached hydrogens (tertiary/aromatic N) is 3. The monoisotopic (exact) mass is 351 g/mol. The van der Waals surface area contributed by atoms with Gasteiger partial charge in [-0.1, -0.05) is 30.3 Å². The third kappa shape index (κ3) is 4.67. The summed E-state index contributed by atoms with van der Waals surface area (Å²) in [7, 11) is 1.58. The van der Waals surface area contributed by atoms with E-state index in [4.69, 9.17) is 9.47 Å². The van der Waals surface area contributed by atoms with Crippen LogP contribution in [0.1, 0.15) is 11.1 Å². The normalized spacial score (nSPS) is 10.7. The molecule has 3 rings (SSSR count). The molecule has 0 saturated carbocycles. The van der Waals surface area contributed by atoms with Gasteiger partial charge in [0.2, 0.25) is 0 Å². The van der Waals surface area contributed by atoms with Gasteiger partial charge in [-0.3, -0.25) is 5.43 Å². The minimum atomic E-state index is -0.549. The highest BCUT2D eigenvalue weighted by atomic mass is 16.5. The van der Waals surface area contributed by atoms with Gasteiger partial charge >= 0.3 is 5.69 Å². The van der Waals surface area contributed by atoms with E-state index in [2.05, 4.69) is 25.7 Å². The summed E-state index contributed by atoms with van der Waals surface area (Å²) in [4.78, 5) is 14.7. The minimum Gasteiger partial charge on any atom is -0.493 e. The molecule has 132 valence electrons. The van der Waals surface area contributed by atoms with E-state index in [-0.39, 0.29) is 5.82 Å². The lowest BCUT2D eigenvalue weighted by atomic mass is 10.2. The number of hydrogen-bond acceptors (Lipinski definition) is 7. The van der Waals surface area contributed by atoms with Crippen molar-refractivity contribution in [3.8, 4) is 11.5 Å². The van der Waals surface area contributed by atoms with Crippen molar-refractivity contribution in [3.63, 3.8) is 0 Å². The summed E-state index contributed by atoms with van der Waals surface area (Å²) >= 11 is 0. The number of aromatic nitrogens is 3. The fourth-order valence-corrected chi connectivity index (χ4v) is 2.16. The third-order valence-electron chi connectivity index (χ3n) is 3.39. The van der Waals surface area contributed by atoms with E-state index in [0.29, 0.717) is 18.1 Å². The highest BCUT2D eigenvalue weighted by Crippen LogP contribution is 2.28. The van der Waals surface area contributed by atoms with Gasteiger partial charge in [-0.25, -0.2) is 9.89 Å². The molecule has 0 bridgehead atoms. The van der Waals surface area contributed by atoms with Gasteiger partial charge in [0.25, 0.3) is 0 Å². The topological polar surface area (TPSA) is 101 Å². The van der Waals surface area contributed by atoms with Crippen LogP contribution in [0.4, 0.5) is 5.82 Å². The lowest BCUT2D eigenvalue weighted by Gasteiger charge is -2.11. The fraction of sp³-hybridized carbons (Fsp3) is 0.111. The Kier molecular flexibility index (Phi) is 5.56. The summed E-state index contributed by atoms with van der Waals surface area (Å²) in [6.45, 7) is 0.452. The molecule has 0 unspecified atom stereocenters. The number of H-pyrrole nitrogens is 1. The molecule has 0 atom stereocenters. The van der Waals surface area contributed by atoms with Gasteiger partial charge < -0.3 is 9.47 Å². The summed E-state index contributed by atoms with van der Waals surface area (Å²) in [6.07, 6.45) is 2.94. The zero-order chi connectivity index (χ0) is 18.2. The van der Waals surface area contributed by atoms with Crippen molar-refractivity contribution in [1.82, 2.24) is 15.2 Å². The van der Waals surface area contributed by atoms with E-state index < -0.39 is 5.69 Å². The standard InChI is InChI=1S/C18H17N5O3/c1-25-16-9-14(10-19-22-17-11-20-23-18(24)21-17)7-8-15(16)26-12-13-5-3-2-4-6-13/h2-11H,12H2,1H3,(H2,21,22,23,24)/b19-10+. The van der Waals surface area contributed by atoms with E-state index in [1.807, 2.05) is 42.5 Å². The van der Waals surface area contributed by atoms with E-state index in [9.17, 15) is 4.79 Å². The molecule has 0 aliphatic carbocycles. The number of aromatic amines is 1. The number of ether oxygens (including phenoxy) is 2.